The molecule has 0 fully saturated rings. The van der Waals surface area contributed by atoms with Gasteiger partial charge in [0.25, 0.3) is 5.91 Å². The number of nitrogens with one attached hydrogen (secondary N) is 1. The van der Waals surface area contributed by atoms with Crippen LogP contribution in [0.1, 0.15) is 11.1 Å². The van der Waals surface area contributed by atoms with Crippen molar-refractivity contribution in [2.75, 3.05) is 10.6 Å². The Bertz CT molecular complexity index is 561. The van der Waals surface area contributed by atoms with Crippen LogP contribution in [0.3, 0.4) is 0 Å². The number of carbonyl (C=O) groups is 1. The van der Waals surface area contributed by atoms with Gasteiger partial charge in [0, 0.05) is 16.6 Å². The van der Waals surface area contributed by atoms with Crippen LogP contribution in [-0.4, -0.2) is 11.2 Å². The van der Waals surface area contributed by atoms with Gasteiger partial charge in [-0.3, -0.25) is 4.79 Å². The quantitative estimate of drug-likeness (QED) is 0.680. The molecule has 0 aliphatic rings. The fraction of sp³-hybridized carbons (Fsp3) is 0.167. The number of nitriles is 1. The van der Waals surface area contributed by atoms with E-state index >= 15 is 0 Å². The molecule has 0 unspecified atom stereocenters. The third kappa shape index (κ3) is 3.83. The Morgan fingerprint density at radius 1 is 1.47 bits per heavy atom. The smallest absolute Gasteiger partial charge is 0.322 e. The van der Waals surface area contributed by atoms with Gasteiger partial charge in [-0.1, -0.05) is 22.5 Å². The molecule has 0 saturated carbocycles. The maximum absolute atomic E-state index is 12.7. The topological polar surface area (TPSA) is 52.9 Å². The van der Waals surface area contributed by atoms with Gasteiger partial charge in [0.15, 0.2) is 0 Å². The van der Waals surface area contributed by atoms with Crippen LogP contribution in [0.4, 0.5) is 18.9 Å². The molecule has 0 heterocycles. The Kier molecular flexibility index (Phi) is 4.72. The minimum atomic E-state index is -4.65. The zero-order valence-corrected chi connectivity index (χ0v) is 11.1. The van der Waals surface area contributed by atoms with Gasteiger partial charge in [-0.2, -0.15) is 18.4 Å². The number of benzene rings is 1. The third-order valence-electron chi connectivity index (χ3n) is 2.19. The SMILES string of the molecule is C=C(CBr)C(=O)Nc1ccc(C#N)c(C(F)(F)F)c1. The molecule has 3 nitrogen and oxygen atoms in total. The average Bonchev–Trinajstić information content (AvgIpc) is 2.36. The van der Waals surface area contributed by atoms with Crippen molar-refractivity contribution in [1.82, 2.24) is 0 Å². The number of alkyl halides is 4. The summed E-state index contributed by atoms with van der Waals surface area (Å²) in [6.45, 7) is 3.44. The Morgan fingerprint density at radius 3 is 2.58 bits per heavy atom. The average molecular weight is 333 g/mol. The molecule has 1 rings (SSSR count). The lowest BCUT2D eigenvalue weighted by Crippen LogP contribution is -2.16. The molecule has 1 aromatic carbocycles. The van der Waals surface area contributed by atoms with E-state index in [1.165, 1.54) is 12.1 Å². The maximum Gasteiger partial charge on any atom is 0.417 e. The van der Waals surface area contributed by atoms with Crippen molar-refractivity contribution in [3.8, 4) is 6.07 Å². The lowest BCUT2D eigenvalue weighted by molar-refractivity contribution is -0.137. The van der Waals surface area contributed by atoms with Crippen molar-refractivity contribution in [3.63, 3.8) is 0 Å². The number of amides is 1. The van der Waals surface area contributed by atoms with E-state index in [0.29, 0.717) is 0 Å². The van der Waals surface area contributed by atoms with E-state index in [9.17, 15) is 18.0 Å². The normalized spacial score (nSPS) is 10.7. The van der Waals surface area contributed by atoms with Crippen LogP contribution < -0.4 is 5.32 Å². The van der Waals surface area contributed by atoms with Crippen LogP contribution in [0.2, 0.25) is 0 Å². The van der Waals surface area contributed by atoms with E-state index in [2.05, 4.69) is 27.8 Å². The first-order chi connectivity index (χ1) is 8.79. The van der Waals surface area contributed by atoms with Crippen LogP contribution in [0.15, 0.2) is 30.4 Å². The largest absolute Gasteiger partial charge is 0.417 e. The van der Waals surface area contributed by atoms with Crippen LogP contribution >= 0.6 is 15.9 Å². The van der Waals surface area contributed by atoms with Crippen LogP contribution in [-0.2, 0) is 11.0 Å². The van der Waals surface area contributed by atoms with E-state index in [1.54, 1.807) is 0 Å². The Hall–Kier alpha value is -1.81. The van der Waals surface area contributed by atoms with Crippen molar-refractivity contribution in [1.29, 1.82) is 5.26 Å². The molecule has 0 atom stereocenters. The number of carbonyl (C=O) groups excluding carboxylic acids is 1. The summed E-state index contributed by atoms with van der Waals surface area (Å²) >= 11 is 3.01. The predicted molar refractivity (Wildman–Crippen MR) is 67.7 cm³/mol. The predicted octanol–water partition coefficient (Wildman–Crippen LogP) is 3.47. The zero-order valence-electron chi connectivity index (χ0n) is 9.51. The minimum absolute atomic E-state index is 0.0431. The van der Waals surface area contributed by atoms with Crippen molar-refractivity contribution < 1.29 is 18.0 Å². The molecular weight excluding hydrogens is 325 g/mol. The Labute approximate surface area is 115 Å². The summed E-state index contributed by atoms with van der Waals surface area (Å²) in [5, 5.41) is 11.1. The highest BCUT2D eigenvalue weighted by molar-refractivity contribution is 9.09. The number of nitrogens with zero attached hydrogens (tertiary/aromatic N) is 1. The van der Waals surface area contributed by atoms with Gasteiger partial charge in [0.2, 0.25) is 0 Å². The number of hydrogen-bond acceptors (Lipinski definition) is 2. The van der Waals surface area contributed by atoms with Gasteiger partial charge in [-0.05, 0) is 18.2 Å². The minimum Gasteiger partial charge on any atom is -0.322 e. The second-order valence-electron chi connectivity index (χ2n) is 3.56. The fourth-order valence-corrected chi connectivity index (χ4v) is 1.49. The zero-order chi connectivity index (χ0) is 14.6. The second-order valence-corrected chi connectivity index (χ2v) is 4.12. The van der Waals surface area contributed by atoms with Crippen LogP contribution in [0.5, 0.6) is 0 Å². The first-order valence-corrected chi connectivity index (χ1v) is 6.08. The van der Waals surface area contributed by atoms with E-state index in [1.807, 2.05) is 0 Å². The lowest BCUT2D eigenvalue weighted by atomic mass is 10.1. The fourth-order valence-electron chi connectivity index (χ4n) is 1.23. The molecule has 0 aromatic heterocycles. The molecule has 19 heavy (non-hydrogen) atoms. The molecule has 0 radical (unpaired) electrons. The standard InChI is InChI=1S/C12H8BrF3N2O/c1-7(5-13)11(19)18-9-3-2-8(6-17)10(4-9)12(14,15)16/h2-4H,1,5H2,(H,18,19). The second kappa shape index (κ2) is 5.89. The van der Waals surface area contributed by atoms with Crippen molar-refractivity contribution >= 4 is 27.5 Å². The molecule has 0 spiro atoms. The number of halogens is 4. The van der Waals surface area contributed by atoms with E-state index < -0.39 is 23.2 Å². The molecule has 1 aromatic rings. The maximum atomic E-state index is 12.7. The van der Waals surface area contributed by atoms with Gasteiger partial charge < -0.3 is 5.32 Å². The Balaban J connectivity index is 3.10. The molecule has 0 saturated heterocycles. The molecular formula is C12H8BrF3N2O. The number of hydrogen-bond donors (Lipinski definition) is 1. The van der Waals surface area contributed by atoms with Crippen molar-refractivity contribution in [2.24, 2.45) is 0 Å². The summed E-state index contributed by atoms with van der Waals surface area (Å²) in [7, 11) is 0. The van der Waals surface area contributed by atoms with Crippen LogP contribution in [0.25, 0.3) is 0 Å². The summed E-state index contributed by atoms with van der Waals surface area (Å²) in [4.78, 5) is 11.5. The highest BCUT2D eigenvalue weighted by Gasteiger charge is 2.33. The molecule has 0 bridgehead atoms. The summed E-state index contributed by atoms with van der Waals surface area (Å²) in [6.07, 6.45) is -4.65. The number of anilines is 1. The summed E-state index contributed by atoms with van der Waals surface area (Å²) in [6, 6.07) is 4.42. The Morgan fingerprint density at radius 2 is 2.11 bits per heavy atom. The van der Waals surface area contributed by atoms with Gasteiger partial charge in [-0.15, -0.1) is 0 Å². The third-order valence-corrected chi connectivity index (χ3v) is 2.86. The number of rotatable bonds is 3. The van der Waals surface area contributed by atoms with Crippen molar-refractivity contribution in [2.45, 2.75) is 6.18 Å². The van der Waals surface area contributed by atoms with Gasteiger partial charge in [0.05, 0.1) is 17.2 Å². The first-order valence-electron chi connectivity index (χ1n) is 4.96. The summed E-state index contributed by atoms with van der Waals surface area (Å²) in [5.41, 5.74) is -1.45. The molecule has 0 aliphatic heterocycles. The molecule has 100 valence electrons. The lowest BCUT2D eigenvalue weighted by Gasteiger charge is -2.11. The van der Waals surface area contributed by atoms with E-state index in [4.69, 9.17) is 5.26 Å². The highest BCUT2D eigenvalue weighted by Crippen LogP contribution is 2.33. The summed E-state index contributed by atoms with van der Waals surface area (Å²) in [5.74, 6) is -0.588. The molecule has 7 heteroatoms. The van der Waals surface area contributed by atoms with Gasteiger partial charge >= 0.3 is 6.18 Å². The monoisotopic (exact) mass is 332 g/mol. The highest BCUT2D eigenvalue weighted by atomic mass is 79.9. The first kappa shape index (κ1) is 15.2. The van der Waals surface area contributed by atoms with Crippen molar-refractivity contribution in [3.05, 3.63) is 41.5 Å². The molecule has 0 aliphatic carbocycles. The van der Waals surface area contributed by atoms with E-state index in [-0.39, 0.29) is 16.6 Å². The molecule has 1 N–H and O–H groups in total. The van der Waals surface area contributed by atoms with Crippen LogP contribution in [0, 0.1) is 11.3 Å². The summed E-state index contributed by atoms with van der Waals surface area (Å²) < 4.78 is 38.1. The molecule has 1 amide bonds. The van der Waals surface area contributed by atoms with Gasteiger partial charge in [-0.25, -0.2) is 0 Å². The van der Waals surface area contributed by atoms with E-state index in [0.717, 1.165) is 12.1 Å². The van der Waals surface area contributed by atoms with Gasteiger partial charge in [0.1, 0.15) is 0 Å².